The highest BCUT2D eigenvalue weighted by Gasteiger charge is 2.13. The molecule has 24 heavy (non-hydrogen) atoms. The van der Waals surface area contributed by atoms with Crippen LogP contribution in [0.1, 0.15) is 29.5 Å². The Balaban J connectivity index is 2.05. The molecule has 0 heterocycles. The smallest absolute Gasteiger partial charge is 0.123 e. The van der Waals surface area contributed by atoms with Crippen LogP contribution in [0.3, 0.4) is 0 Å². The number of benzene rings is 2. The number of hydrogen-bond donors (Lipinski definition) is 1. The van der Waals surface area contributed by atoms with E-state index in [1.165, 1.54) is 23.3 Å². The predicted molar refractivity (Wildman–Crippen MR) is 97.1 cm³/mol. The minimum atomic E-state index is -0.395. The fraction of sp³-hybridized carbons (Fsp3) is 0.333. The summed E-state index contributed by atoms with van der Waals surface area (Å²) in [4.78, 5) is 2.20. The van der Waals surface area contributed by atoms with Gasteiger partial charge < -0.3 is 5.11 Å². The molecule has 0 amide bonds. The lowest BCUT2D eigenvalue weighted by molar-refractivity contribution is 0.0984. The molecule has 0 aliphatic heterocycles. The van der Waals surface area contributed by atoms with Crippen LogP contribution >= 0.6 is 0 Å². The van der Waals surface area contributed by atoms with Gasteiger partial charge in [0, 0.05) is 19.6 Å². The van der Waals surface area contributed by atoms with Gasteiger partial charge in [-0.1, -0.05) is 48.0 Å². The van der Waals surface area contributed by atoms with E-state index in [9.17, 15) is 9.50 Å². The van der Waals surface area contributed by atoms with Gasteiger partial charge in [-0.2, -0.15) is 0 Å². The molecule has 128 valence electrons. The van der Waals surface area contributed by atoms with Gasteiger partial charge >= 0.3 is 0 Å². The van der Waals surface area contributed by atoms with Crippen LogP contribution in [0.5, 0.6) is 0 Å². The van der Waals surface area contributed by atoms with Gasteiger partial charge in [0.25, 0.3) is 0 Å². The van der Waals surface area contributed by atoms with E-state index < -0.39 is 6.10 Å². The lowest BCUT2D eigenvalue weighted by Gasteiger charge is -2.25. The van der Waals surface area contributed by atoms with E-state index in [1.54, 1.807) is 12.1 Å². The first kappa shape index (κ1) is 18.4. The van der Waals surface area contributed by atoms with Crippen LogP contribution in [0.15, 0.2) is 61.2 Å². The molecule has 2 nitrogen and oxygen atoms in total. The van der Waals surface area contributed by atoms with Gasteiger partial charge in [0.1, 0.15) is 5.82 Å². The SMILES string of the molecule is C=CCC[C@H](O)CN(Cc1ccc(C)cc1)Cc1ccc(F)cc1. The standard InChI is InChI=1S/C21H26FNO/c1-3-4-5-21(24)16-23(14-18-8-6-17(2)7-9-18)15-19-10-12-20(22)13-11-19/h3,6-13,21,24H,1,4-5,14-16H2,2H3/t21-/m0/s1. The second-order valence-electron chi connectivity index (χ2n) is 6.30. The average molecular weight is 327 g/mol. The molecule has 1 atom stereocenters. The molecule has 0 aromatic heterocycles. The van der Waals surface area contributed by atoms with Gasteiger partial charge in [0.2, 0.25) is 0 Å². The Labute approximate surface area is 144 Å². The zero-order valence-corrected chi connectivity index (χ0v) is 14.3. The summed E-state index contributed by atoms with van der Waals surface area (Å²) in [6.07, 6.45) is 2.94. The summed E-state index contributed by atoms with van der Waals surface area (Å²) in [5.74, 6) is -0.227. The van der Waals surface area contributed by atoms with Crippen molar-refractivity contribution in [2.24, 2.45) is 0 Å². The minimum Gasteiger partial charge on any atom is -0.392 e. The summed E-state index contributed by atoms with van der Waals surface area (Å²) in [6, 6.07) is 15.0. The van der Waals surface area contributed by atoms with Crippen molar-refractivity contribution in [1.82, 2.24) is 4.90 Å². The molecule has 2 aromatic rings. The monoisotopic (exact) mass is 327 g/mol. The molecule has 0 saturated carbocycles. The molecule has 3 heteroatoms. The first-order valence-corrected chi connectivity index (χ1v) is 8.38. The molecule has 0 radical (unpaired) electrons. The summed E-state index contributed by atoms with van der Waals surface area (Å²) in [5.41, 5.74) is 3.48. The number of aliphatic hydroxyl groups excluding tert-OH is 1. The lowest BCUT2D eigenvalue weighted by atomic mass is 10.1. The Morgan fingerprint density at radius 1 is 1.04 bits per heavy atom. The maximum Gasteiger partial charge on any atom is 0.123 e. The Bertz CT molecular complexity index is 574. The first-order valence-electron chi connectivity index (χ1n) is 8.38. The molecule has 0 fully saturated rings. The zero-order valence-electron chi connectivity index (χ0n) is 14.3. The van der Waals surface area contributed by atoms with Crippen molar-refractivity contribution in [1.29, 1.82) is 0 Å². The molecule has 0 unspecified atom stereocenters. The molecule has 0 aliphatic rings. The normalized spacial score (nSPS) is 12.3. The molecule has 1 N–H and O–H groups in total. The number of halogens is 1. The van der Waals surface area contributed by atoms with Gasteiger partial charge in [0.05, 0.1) is 6.10 Å². The largest absolute Gasteiger partial charge is 0.392 e. The number of hydrogen-bond acceptors (Lipinski definition) is 2. The zero-order chi connectivity index (χ0) is 17.4. The van der Waals surface area contributed by atoms with Crippen LogP contribution in [0.2, 0.25) is 0 Å². The number of aliphatic hydroxyl groups is 1. The third-order valence-electron chi connectivity index (χ3n) is 4.02. The Hall–Kier alpha value is -1.97. The van der Waals surface area contributed by atoms with Gasteiger partial charge in [-0.25, -0.2) is 4.39 Å². The molecule has 0 saturated heterocycles. The number of allylic oxidation sites excluding steroid dienone is 1. The van der Waals surface area contributed by atoms with Gasteiger partial charge in [0.15, 0.2) is 0 Å². The maximum atomic E-state index is 13.1. The number of rotatable bonds is 9. The molecule has 0 spiro atoms. The van der Waals surface area contributed by atoms with E-state index in [0.29, 0.717) is 19.5 Å². The van der Waals surface area contributed by atoms with Crippen LogP contribution in [0.25, 0.3) is 0 Å². The van der Waals surface area contributed by atoms with Gasteiger partial charge in [-0.15, -0.1) is 6.58 Å². The predicted octanol–water partition coefficient (Wildman–Crippen LogP) is 4.46. The van der Waals surface area contributed by atoms with E-state index >= 15 is 0 Å². The van der Waals surface area contributed by atoms with Gasteiger partial charge in [-0.3, -0.25) is 4.90 Å². The number of aryl methyl sites for hydroxylation is 1. The van der Waals surface area contributed by atoms with Crippen molar-refractivity contribution in [3.05, 3.63) is 83.7 Å². The number of nitrogens with zero attached hydrogens (tertiary/aromatic N) is 1. The van der Waals surface area contributed by atoms with Crippen molar-refractivity contribution >= 4 is 0 Å². The summed E-state index contributed by atoms with van der Waals surface area (Å²) in [6.45, 7) is 7.79. The van der Waals surface area contributed by atoms with Crippen LogP contribution in [-0.4, -0.2) is 22.7 Å². The Morgan fingerprint density at radius 3 is 2.12 bits per heavy atom. The van der Waals surface area contributed by atoms with E-state index in [0.717, 1.165) is 18.5 Å². The summed E-state index contributed by atoms with van der Waals surface area (Å²) >= 11 is 0. The van der Waals surface area contributed by atoms with E-state index in [1.807, 2.05) is 6.08 Å². The summed E-state index contributed by atoms with van der Waals surface area (Å²) in [5, 5.41) is 10.2. The fourth-order valence-corrected chi connectivity index (χ4v) is 2.68. The lowest BCUT2D eigenvalue weighted by Crippen LogP contribution is -2.31. The van der Waals surface area contributed by atoms with Crippen LogP contribution < -0.4 is 0 Å². The molecule has 2 aromatic carbocycles. The van der Waals surface area contributed by atoms with Crippen molar-refractivity contribution in [3.63, 3.8) is 0 Å². The van der Waals surface area contributed by atoms with Crippen molar-refractivity contribution < 1.29 is 9.50 Å². The third kappa shape index (κ3) is 6.26. The molecular formula is C21H26FNO. The molecular weight excluding hydrogens is 301 g/mol. The first-order chi connectivity index (χ1) is 11.6. The highest BCUT2D eigenvalue weighted by Crippen LogP contribution is 2.13. The molecule has 2 rings (SSSR count). The van der Waals surface area contributed by atoms with E-state index in [2.05, 4.69) is 42.7 Å². The minimum absolute atomic E-state index is 0.227. The molecule has 0 aliphatic carbocycles. The maximum absolute atomic E-state index is 13.1. The van der Waals surface area contributed by atoms with Crippen molar-refractivity contribution in [3.8, 4) is 0 Å². The Morgan fingerprint density at radius 2 is 1.58 bits per heavy atom. The topological polar surface area (TPSA) is 23.5 Å². The molecule has 0 bridgehead atoms. The van der Waals surface area contributed by atoms with Crippen molar-refractivity contribution in [2.45, 2.75) is 39.0 Å². The van der Waals surface area contributed by atoms with Crippen LogP contribution in [0, 0.1) is 12.7 Å². The summed E-state index contributed by atoms with van der Waals surface area (Å²) < 4.78 is 13.1. The summed E-state index contributed by atoms with van der Waals surface area (Å²) in [7, 11) is 0. The van der Waals surface area contributed by atoms with Crippen molar-refractivity contribution in [2.75, 3.05) is 6.54 Å². The highest BCUT2D eigenvalue weighted by atomic mass is 19.1. The van der Waals surface area contributed by atoms with Crippen LogP contribution in [-0.2, 0) is 13.1 Å². The van der Waals surface area contributed by atoms with E-state index in [4.69, 9.17) is 0 Å². The Kier molecular flexibility index (Phi) is 7.16. The second-order valence-corrected chi connectivity index (χ2v) is 6.30. The fourth-order valence-electron chi connectivity index (χ4n) is 2.68. The van der Waals surface area contributed by atoms with E-state index in [-0.39, 0.29) is 5.82 Å². The van der Waals surface area contributed by atoms with Gasteiger partial charge in [-0.05, 0) is 43.0 Å². The third-order valence-corrected chi connectivity index (χ3v) is 4.02. The second kappa shape index (κ2) is 9.36. The highest BCUT2D eigenvalue weighted by molar-refractivity contribution is 5.22. The quantitative estimate of drug-likeness (QED) is 0.687. The van der Waals surface area contributed by atoms with Crippen LogP contribution in [0.4, 0.5) is 4.39 Å². The average Bonchev–Trinajstić information content (AvgIpc) is 2.57.